The summed E-state index contributed by atoms with van der Waals surface area (Å²) in [6.45, 7) is 4.47. The summed E-state index contributed by atoms with van der Waals surface area (Å²) in [5, 5.41) is 0. The SMILES string of the molecule is CCCOc1ccc(F)c(C(=O)CCC)c1. The van der Waals surface area contributed by atoms with Gasteiger partial charge in [-0.1, -0.05) is 13.8 Å². The van der Waals surface area contributed by atoms with E-state index in [2.05, 4.69) is 0 Å². The number of ether oxygens (including phenoxy) is 1. The fourth-order valence-corrected chi connectivity index (χ4v) is 1.39. The minimum absolute atomic E-state index is 0.135. The number of rotatable bonds is 6. The molecular formula is C13H17FO2. The Morgan fingerprint density at radius 2 is 2.06 bits per heavy atom. The van der Waals surface area contributed by atoms with E-state index in [0.29, 0.717) is 18.8 Å². The van der Waals surface area contributed by atoms with Gasteiger partial charge in [-0.2, -0.15) is 0 Å². The van der Waals surface area contributed by atoms with Gasteiger partial charge in [0.05, 0.1) is 12.2 Å². The molecule has 3 heteroatoms. The number of ketones is 1. The van der Waals surface area contributed by atoms with Crippen molar-refractivity contribution in [2.75, 3.05) is 6.61 Å². The molecule has 0 amide bonds. The second-order valence-electron chi connectivity index (χ2n) is 3.66. The normalized spacial score (nSPS) is 10.2. The Morgan fingerprint density at radius 1 is 1.31 bits per heavy atom. The lowest BCUT2D eigenvalue weighted by molar-refractivity contribution is 0.0977. The Bertz CT molecular complexity index is 361. The molecule has 2 nitrogen and oxygen atoms in total. The highest BCUT2D eigenvalue weighted by Gasteiger charge is 2.11. The summed E-state index contributed by atoms with van der Waals surface area (Å²) >= 11 is 0. The molecule has 0 spiro atoms. The Balaban J connectivity index is 2.85. The Morgan fingerprint density at radius 3 is 2.69 bits per heavy atom. The summed E-state index contributed by atoms with van der Waals surface area (Å²) in [5.74, 6) is -0.0769. The molecule has 0 bridgehead atoms. The van der Waals surface area contributed by atoms with Crippen molar-refractivity contribution < 1.29 is 13.9 Å². The zero-order chi connectivity index (χ0) is 12.0. The molecule has 0 N–H and O–H groups in total. The van der Waals surface area contributed by atoms with Crippen LogP contribution in [0, 0.1) is 5.82 Å². The van der Waals surface area contributed by atoms with Gasteiger partial charge in [-0.05, 0) is 31.0 Å². The topological polar surface area (TPSA) is 26.3 Å². The van der Waals surface area contributed by atoms with E-state index >= 15 is 0 Å². The maximum Gasteiger partial charge on any atom is 0.165 e. The van der Waals surface area contributed by atoms with Gasteiger partial charge >= 0.3 is 0 Å². The largest absolute Gasteiger partial charge is 0.494 e. The smallest absolute Gasteiger partial charge is 0.165 e. The van der Waals surface area contributed by atoms with Crippen molar-refractivity contribution in [1.29, 1.82) is 0 Å². The first-order valence-electron chi connectivity index (χ1n) is 5.64. The van der Waals surface area contributed by atoms with E-state index in [1.807, 2.05) is 13.8 Å². The van der Waals surface area contributed by atoms with Gasteiger partial charge in [0.25, 0.3) is 0 Å². The molecule has 0 heterocycles. The highest BCUT2D eigenvalue weighted by molar-refractivity contribution is 5.96. The predicted octanol–water partition coefficient (Wildman–Crippen LogP) is 3.60. The highest BCUT2D eigenvalue weighted by atomic mass is 19.1. The lowest BCUT2D eigenvalue weighted by Crippen LogP contribution is -2.03. The number of carbonyl (C=O) groups excluding carboxylic acids is 1. The van der Waals surface area contributed by atoms with E-state index in [1.165, 1.54) is 12.1 Å². The number of carbonyl (C=O) groups is 1. The standard InChI is InChI=1S/C13H17FO2/c1-3-5-13(15)11-9-10(16-8-4-2)6-7-12(11)14/h6-7,9H,3-5,8H2,1-2H3. The van der Waals surface area contributed by atoms with Crippen LogP contribution >= 0.6 is 0 Å². The third kappa shape index (κ3) is 3.33. The molecule has 0 saturated heterocycles. The van der Waals surface area contributed by atoms with Crippen LogP contribution in [0.2, 0.25) is 0 Å². The molecule has 88 valence electrons. The molecule has 0 atom stereocenters. The first-order chi connectivity index (χ1) is 7.69. The van der Waals surface area contributed by atoms with Crippen LogP contribution in [0.4, 0.5) is 4.39 Å². The molecule has 0 radical (unpaired) electrons. The van der Waals surface area contributed by atoms with Crippen LogP contribution in [0.5, 0.6) is 5.75 Å². The number of hydrogen-bond acceptors (Lipinski definition) is 2. The van der Waals surface area contributed by atoms with Crippen molar-refractivity contribution in [1.82, 2.24) is 0 Å². The fraction of sp³-hybridized carbons (Fsp3) is 0.462. The molecular weight excluding hydrogens is 207 g/mol. The first-order valence-corrected chi connectivity index (χ1v) is 5.64. The predicted molar refractivity (Wildman–Crippen MR) is 61.4 cm³/mol. The van der Waals surface area contributed by atoms with Crippen LogP contribution in [0.25, 0.3) is 0 Å². The lowest BCUT2D eigenvalue weighted by Gasteiger charge is -2.07. The molecule has 1 aromatic carbocycles. The van der Waals surface area contributed by atoms with Crippen LogP contribution in [-0.4, -0.2) is 12.4 Å². The monoisotopic (exact) mass is 224 g/mol. The molecule has 0 unspecified atom stereocenters. The average molecular weight is 224 g/mol. The van der Waals surface area contributed by atoms with E-state index in [9.17, 15) is 9.18 Å². The molecule has 0 fully saturated rings. The maximum absolute atomic E-state index is 13.4. The molecule has 0 saturated carbocycles. The van der Waals surface area contributed by atoms with Crippen LogP contribution in [0.15, 0.2) is 18.2 Å². The summed E-state index contributed by atoms with van der Waals surface area (Å²) in [6.07, 6.45) is 1.97. The maximum atomic E-state index is 13.4. The highest BCUT2D eigenvalue weighted by Crippen LogP contribution is 2.19. The van der Waals surface area contributed by atoms with Gasteiger partial charge in [0.2, 0.25) is 0 Å². The quantitative estimate of drug-likeness (QED) is 0.690. The summed E-state index contributed by atoms with van der Waals surface area (Å²) in [4.78, 5) is 11.6. The number of benzene rings is 1. The van der Waals surface area contributed by atoms with Crippen LogP contribution in [0.1, 0.15) is 43.5 Å². The average Bonchev–Trinajstić information content (AvgIpc) is 2.28. The molecule has 0 aliphatic heterocycles. The van der Waals surface area contributed by atoms with Gasteiger partial charge in [-0.15, -0.1) is 0 Å². The van der Waals surface area contributed by atoms with Gasteiger partial charge in [-0.3, -0.25) is 4.79 Å². The lowest BCUT2D eigenvalue weighted by atomic mass is 10.1. The minimum atomic E-state index is -0.470. The van der Waals surface area contributed by atoms with Gasteiger partial charge in [0.15, 0.2) is 5.78 Å². The second kappa shape index (κ2) is 6.26. The fourth-order valence-electron chi connectivity index (χ4n) is 1.39. The Labute approximate surface area is 95.4 Å². The summed E-state index contributed by atoms with van der Waals surface area (Å²) in [7, 11) is 0. The van der Waals surface area contributed by atoms with Crippen molar-refractivity contribution in [3.63, 3.8) is 0 Å². The van der Waals surface area contributed by atoms with Gasteiger partial charge in [-0.25, -0.2) is 4.39 Å². The molecule has 0 aromatic heterocycles. The third-order valence-electron chi connectivity index (χ3n) is 2.19. The summed E-state index contributed by atoms with van der Waals surface area (Å²) < 4.78 is 18.7. The van der Waals surface area contributed by atoms with Crippen LogP contribution in [-0.2, 0) is 0 Å². The Kier molecular flexibility index (Phi) is 4.96. The van der Waals surface area contributed by atoms with E-state index in [0.717, 1.165) is 12.8 Å². The van der Waals surface area contributed by atoms with Crippen molar-refractivity contribution in [2.24, 2.45) is 0 Å². The van der Waals surface area contributed by atoms with Gasteiger partial charge in [0.1, 0.15) is 11.6 Å². The van der Waals surface area contributed by atoms with Gasteiger partial charge in [0, 0.05) is 6.42 Å². The van der Waals surface area contributed by atoms with Crippen LogP contribution in [0.3, 0.4) is 0 Å². The second-order valence-corrected chi connectivity index (χ2v) is 3.66. The van der Waals surface area contributed by atoms with Crippen LogP contribution < -0.4 is 4.74 Å². The van der Waals surface area contributed by atoms with E-state index in [-0.39, 0.29) is 11.3 Å². The first kappa shape index (κ1) is 12.7. The molecule has 1 rings (SSSR count). The third-order valence-corrected chi connectivity index (χ3v) is 2.19. The van der Waals surface area contributed by atoms with Crippen molar-refractivity contribution in [3.05, 3.63) is 29.6 Å². The van der Waals surface area contributed by atoms with Crippen molar-refractivity contribution in [2.45, 2.75) is 33.1 Å². The molecule has 0 aliphatic carbocycles. The van der Waals surface area contributed by atoms with Crippen molar-refractivity contribution in [3.8, 4) is 5.75 Å². The van der Waals surface area contributed by atoms with E-state index in [1.54, 1.807) is 6.07 Å². The molecule has 1 aromatic rings. The Hall–Kier alpha value is -1.38. The summed E-state index contributed by atoms with van der Waals surface area (Å²) in [5.41, 5.74) is 0.135. The molecule has 16 heavy (non-hydrogen) atoms. The number of halogens is 1. The van der Waals surface area contributed by atoms with E-state index in [4.69, 9.17) is 4.74 Å². The minimum Gasteiger partial charge on any atom is -0.494 e. The number of hydrogen-bond donors (Lipinski definition) is 0. The zero-order valence-corrected chi connectivity index (χ0v) is 9.75. The van der Waals surface area contributed by atoms with E-state index < -0.39 is 5.82 Å². The summed E-state index contributed by atoms with van der Waals surface area (Å²) in [6, 6.07) is 4.32. The zero-order valence-electron chi connectivity index (χ0n) is 9.75. The number of Topliss-reactive ketones (excluding diaryl/α,β-unsaturated/α-hetero) is 1. The molecule has 0 aliphatic rings. The van der Waals surface area contributed by atoms with Crippen molar-refractivity contribution >= 4 is 5.78 Å². The van der Waals surface area contributed by atoms with Gasteiger partial charge < -0.3 is 4.74 Å².